The maximum absolute atomic E-state index is 4.56. The number of aromatic amines is 1. The molecule has 5 nitrogen and oxygen atoms in total. The summed E-state index contributed by atoms with van der Waals surface area (Å²) in [6.07, 6.45) is 2.71. The summed E-state index contributed by atoms with van der Waals surface area (Å²) < 4.78 is 0. The van der Waals surface area contributed by atoms with E-state index in [1.165, 1.54) is 11.1 Å². The molecule has 0 bridgehead atoms. The van der Waals surface area contributed by atoms with Crippen molar-refractivity contribution >= 4 is 5.96 Å². The molecule has 1 aromatic carbocycles. The highest BCUT2D eigenvalue weighted by molar-refractivity contribution is 5.79. The van der Waals surface area contributed by atoms with E-state index in [1.54, 1.807) is 6.20 Å². The molecule has 0 aliphatic carbocycles. The Bertz CT molecular complexity index is 621. The Morgan fingerprint density at radius 1 is 1.12 bits per heavy atom. The number of guanidine groups is 1. The van der Waals surface area contributed by atoms with Crippen LogP contribution in [0.15, 0.2) is 41.5 Å². The largest absolute Gasteiger partial charge is 0.357 e. The first-order valence-electron chi connectivity index (χ1n) is 8.59. The monoisotopic (exact) mass is 327 g/mol. The van der Waals surface area contributed by atoms with Crippen LogP contribution in [0, 0.1) is 0 Å². The molecule has 0 radical (unpaired) electrons. The molecule has 5 heteroatoms. The highest BCUT2D eigenvalue weighted by Crippen LogP contribution is 2.22. The van der Waals surface area contributed by atoms with Crippen LogP contribution in [0.1, 0.15) is 44.5 Å². The van der Waals surface area contributed by atoms with Crippen LogP contribution in [0.2, 0.25) is 0 Å². The molecule has 0 saturated carbocycles. The predicted molar refractivity (Wildman–Crippen MR) is 100 cm³/mol. The zero-order chi connectivity index (χ0) is 17.4. The minimum absolute atomic E-state index is 0.203. The van der Waals surface area contributed by atoms with Crippen molar-refractivity contribution < 1.29 is 0 Å². The third-order valence-corrected chi connectivity index (χ3v) is 3.84. The van der Waals surface area contributed by atoms with Crippen LogP contribution in [-0.4, -0.2) is 29.2 Å². The van der Waals surface area contributed by atoms with E-state index in [0.29, 0.717) is 6.54 Å². The van der Waals surface area contributed by atoms with Gasteiger partial charge in [-0.1, -0.05) is 45.0 Å². The van der Waals surface area contributed by atoms with Crippen LogP contribution < -0.4 is 10.6 Å². The zero-order valence-electron chi connectivity index (χ0n) is 15.2. The van der Waals surface area contributed by atoms with E-state index >= 15 is 0 Å². The zero-order valence-corrected chi connectivity index (χ0v) is 15.2. The molecule has 0 unspecified atom stereocenters. The first-order chi connectivity index (χ1) is 11.5. The number of rotatable bonds is 6. The summed E-state index contributed by atoms with van der Waals surface area (Å²) in [7, 11) is 0. The van der Waals surface area contributed by atoms with E-state index in [9.17, 15) is 0 Å². The fourth-order valence-electron chi connectivity index (χ4n) is 2.38. The van der Waals surface area contributed by atoms with Crippen molar-refractivity contribution in [3.05, 3.63) is 53.3 Å². The number of hydrogen-bond donors (Lipinski definition) is 3. The molecule has 130 valence electrons. The molecular weight excluding hydrogens is 298 g/mol. The molecule has 0 aliphatic heterocycles. The van der Waals surface area contributed by atoms with Crippen molar-refractivity contribution in [2.45, 2.75) is 46.1 Å². The Hall–Kier alpha value is -2.30. The van der Waals surface area contributed by atoms with Gasteiger partial charge in [0.1, 0.15) is 0 Å². The quantitative estimate of drug-likeness (QED) is 0.564. The summed E-state index contributed by atoms with van der Waals surface area (Å²) in [5, 5.41) is 13.5. The normalized spacial score (nSPS) is 12.2. The average molecular weight is 327 g/mol. The van der Waals surface area contributed by atoms with Gasteiger partial charge in [0.15, 0.2) is 5.96 Å². The van der Waals surface area contributed by atoms with Gasteiger partial charge in [0.25, 0.3) is 0 Å². The van der Waals surface area contributed by atoms with Gasteiger partial charge >= 0.3 is 0 Å². The van der Waals surface area contributed by atoms with Crippen molar-refractivity contribution in [1.29, 1.82) is 0 Å². The number of aromatic nitrogens is 2. The second-order valence-corrected chi connectivity index (χ2v) is 6.90. The number of aliphatic imine (C=N–C) groups is 1. The molecule has 2 rings (SSSR count). The smallest absolute Gasteiger partial charge is 0.191 e. The van der Waals surface area contributed by atoms with Crippen LogP contribution in [0.25, 0.3) is 0 Å². The van der Waals surface area contributed by atoms with Gasteiger partial charge < -0.3 is 10.6 Å². The van der Waals surface area contributed by atoms with Crippen LogP contribution in [0.4, 0.5) is 0 Å². The fraction of sp³-hybridized carbons (Fsp3) is 0.474. The average Bonchev–Trinajstić information content (AvgIpc) is 3.05. The molecule has 1 heterocycles. The Morgan fingerprint density at radius 2 is 1.88 bits per heavy atom. The number of benzene rings is 1. The lowest BCUT2D eigenvalue weighted by Gasteiger charge is -2.19. The maximum atomic E-state index is 4.56. The van der Waals surface area contributed by atoms with Gasteiger partial charge in [0.2, 0.25) is 0 Å². The topological polar surface area (TPSA) is 65.1 Å². The first kappa shape index (κ1) is 18.0. The molecule has 2 aromatic rings. The lowest BCUT2D eigenvalue weighted by molar-refractivity contribution is 0.590. The Morgan fingerprint density at radius 3 is 2.46 bits per heavy atom. The van der Waals surface area contributed by atoms with Crippen molar-refractivity contribution in [3.8, 4) is 0 Å². The molecule has 0 aliphatic rings. The summed E-state index contributed by atoms with van der Waals surface area (Å²) in [5.74, 6) is 0.832. The van der Waals surface area contributed by atoms with Gasteiger partial charge in [-0.25, -0.2) is 4.99 Å². The van der Waals surface area contributed by atoms with Crippen molar-refractivity contribution in [3.63, 3.8) is 0 Å². The first-order valence-corrected chi connectivity index (χ1v) is 8.59. The van der Waals surface area contributed by atoms with Gasteiger partial charge in [0, 0.05) is 19.3 Å². The maximum Gasteiger partial charge on any atom is 0.191 e. The molecule has 0 atom stereocenters. The predicted octanol–water partition coefficient (Wildman–Crippen LogP) is 3.01. The van der Waals surface area contributed by atoms with Crippen LogP contribution in [-0.2, 0) is 18.4 Å². The van der Waals surface area contributed by atoms with E-state index in [2.05, 4.69) is 77.8 Å². The third-order valence-electron chi connectivity index (χ3n) is 3.84. The summed E-state index contributed by atoms with van der Waals surface area (Å²) >= 11 is 0. The SMILES string of the molecule is CCNC(=NCc1ccn[nH]1)NCCc1ccc(C(C)(C)C)cc1. The van der Waals surface area contributed by atoms with Crippen LogP contribution in [0.5, 0.6) is 0 Å². The van der Waals surface area contributed by atoms with E-state index in [4.69, 9.17) is 0 Å². The number of hydrogen-bond acceptors (Lipinski definition) is 2. The minimum Gasteiger partial charge on any atom is -0.357 e. The van der Waals surface area contributed by atoms with Gasteiger partial charge in [0.05, 0.1) is 12.2 Å². The molecule has 1 aromatic heterocycles. The van der Waals surface area contributed by atoms with E-state index in [-0.39, 0.29) is 5.41 Å². The molecule has 3 N–H and O–H groups in total. The summed E-state index contributed by atoms with van der Waals surface area (Å²) in [6.45, 7) is 11.1. The summed E-state index contributed by atoms with van der Waals surface area (Å²) in [5.41, 5.74) is 3.91. The van der Waals surface area contributed by atoms with E-state index < -0.39 is 0 Å². The molecule has 0 spiro atoms. The number of nitrogens with zero attached hydrogens (tertiary/aromatic N) is 2. The Labute approximate surface area is 145 Å². The molecule has 0 saturated heterocycles. The van der Waals surface area contributed by atoms with E-state index in [0.717, 1.165) is 31.2 Å². The molecular formula is C19H29N5. The lowest BCUT2D eigenvalue weighted by Crippen LogP contribution is -2.38. The lowest BCUT2D eigenvalue weighted by atomic mass is 9.86. The van der Waals surface area contributed by atoms with Crippen molar-refractivity contribution in [2.75, 3.05) is 13.1 Å². The van der Waals surface area contributed by atoms with Crippen LogP contribution >= 0.6 is 0 Å². The third kappa shape index (κ3) is 5.72. The number of H-pyrrole nitrogens is 1. The summed E-state index contributed by atoms with van der Waals surface area (Å²) in [4.78, 5) is 4.56. The standard InChI is InChI=1S/C19H29N5/c1-5-20-18(22-14-17-11-13-23-24-17)21-12-10-15-6-8-16(9-7-15)19(2,3)4/h6-9,11,13H,5,10,12,14H2,1-4H3,(H,23,24)(H2,20,21,22). The van der Waals surface area contributed by atoms with Crippen LogP contribution in [0.3, 0.4) is 0 Å². The van der Waals surface area contributed by atoms with Crippen molar-refractivity contribution in [1.82, 2.24) is 20.8 Å². The molecule has 0 amide bonds. The molecule has 24 heavy (non-hydrogen) atoms. The highest BCUT2D eigenvalue weighted by atomic mass is 15.2. The second kappa shape index (κ2) is 8.52. The highest BCUT2D eigenvalue weighted by Gasteiger charge is 2.12. The van der Waals surface area contributed by atoms with Crippen molar-refractivity contribution in [2.24, 2.45) is 4.99 Å². The van der Waals surface area contributed by atoms with Gasteiger partial charge in [-0.2, -0.15) is 5.10 Å². The van der Waals surface area contributed by atoms with Gasteiger partial charge in [-0.15, -0.1) is 0 Å². The molecule has 0 fully saturated rings. The van der Waals surface area contributed by atoms with E-state index in [1.807, 2.05) is 6.07 Å². The summed E-state index contributed by atoms with van der Waals surface area (Å²) in [6, 6.07) is 10.8. The van der Waals surface area contributed by atoms with Gasteiger partial charge in [-0.05, 0) is 36.0 Å². The minimum atomic E-state index is 0.203. The second-order valence-electron chi connectivity index (χ2n) is 6.90. The Kier molecular flexibility index (Phi) is 6.41. The Balaban J connectivity index is 1.84. The van der Waals surface area contributed by atoms with Gasteiger partial charge in [-0.3, -0.25) is 5.10 Å². The number of nitrogens with one attached hydrogen (secondary N) is 3. The fourth-order valence-corrected chi connectivity index (χ4v) is 2.38.